The molecule has 0 unspecified atom stereocenters. The summed E-state index contributed by atoms with van der Waals surface area (Å²) in [5.74, 6) is 0.493. The zero-order valence-electron chi connectivity index (χ0n) is 15.3. The van der Waals surface area contributed by atoms with E-state index in [0.29, 0.717) is 26.2 Å². The molecule has 1 amide bonds. The first kappa shape index (κ1) is 22.5. The summed E-state index contributed by atoms with van der Waals surface area (Å²) in [6.07, 6.45) is 1.46. The van der Waals surface area contributed by atoms with Crippen LogP contribution in [0.15, 0.2) is 29.3 Å². The fraction of sp³-hybridized carbons (Fsp3) is 0.556. The van der Waals surface area contributed by atoms with Crippen LogP contribution in [-0.2, 0) is 11.3 Å². The van der Waals surface area contributed by atoms with E-state index in [2.05, 4.69) is 15.6 Å². The van der Waals surface area contributed by atoms with Crippen molar-refractivity contribution < 1.29 is 13.9 Å². The van der Waals surface area contributed by atoms with E-state index in [1.54, 1.807) is 17.0 Å². The average molecular weight is 478 g/mol. The van der Waals surface area contributed by atoms with Gasteiger partial charge in [-0.05, 0) is 44.4 Å². The number of aliphatic imine (C=N–C) groups is 1. The molecule has 1 aromatic rings. The van der Waals surface area contributed by atoms with Gasteiger partial charge in [-0.1, -0.05) is 12.1 Å². The minimum atomic E-state index is -0.244. The van der Waals surface area contributed by atoms with E-state index in [1.165, 1.54) is 12.1 Å². The van der Waals surface area contributed by atoms with Crippen molar-refractivity contribution in [1.82, 2.24) is 15.5 Å². The summed E-state index contributed by atoms with van der Waals surface area (Å²) in [5.41, 5.74) is 0.954. The van der Waals surface area contributed by atoms with Gasteiger partial charge in [0.15, 0.2) is 5.96 Å². The molecule has 0 aliphatic carbocycles. The first-order valence-electron chi connectivity index (χ1n) is 8.83. The standard InChI is InChI=1S/C18H27FN4O2.HI/c1-3-20-17(21-13-14-5-7-15(19)8-6-14)22-16-9-11-23(12-10-16)18(24)25-4-2;/h5-8,16H,3-4,9-13H2,1-2H3,(H2,20,21,22);1H. The summed E-state index contributed by atoms with van der Waals surface area (Å²) < 4.78 is 18.0. The van der Waals surface area contributed by atoms with E-state index in [-0.39, 0.29) is 41.9 Å². The monoisotopic (exact) mass is 478 g/mol. The van der Waals surface area contributed by atoms with Crippen molar-refractivity contribution in [3.8, 4) is 0 Å². The third-order valence-corrected chi connectivity index (χ3v) is 4.04. The van der Waals surface area contributed by atoms with Crippen LogP contribution in [-0.4, -0.2) is 49.2 Å². The summed E-state index contributed by atoms with van der Waals surface area (Å²) in [7, 11) is 0. The second-order valence-electron chi connectivity index (χ2n) is 5.93. The summed E-state index contributed by atoms with van der Waals surface area (Å²) >= 11 is 0. The minimum Gasteiger partial charge on any atom is -0.450 e. The molecule has 1 aromatic carbocycles. The quantitative estimate of drug-likeness (QED) is 0.388. The molecule has 1 aliphatic rings. The number of halogens is 2. The van der Waals surface area contributed by atoms with Crippen molar-refractivity contribution in [1.29, 1.82) is 0 Å². The number of carbonyl (C=O) groups excluding carboxylic acids is 1. The number of nitrogens with zero attached hydrogens (tertiary/aromatic N) is 2. The number of benzene rings is 1. The van der Waals surface area contributed by atoms with E-state index in [0.717, 1.165) is 30.9 Å². The lowest BCUT2D eigenvalue weighted by atomic mass is 10.1. The summed E-state index contributed by atoms with van der Waals surface area (Å²) in [4.78, 5) is 18.0. The number of rotatable bonds is 5. The van der Waals surface area contributed by atoms with Crippen LogP contribution in [0.25, 0.3) is 0 Å². The normalized spacial score (nSPS) is 15.2. The lowest BCUT2D eigenvalue weighted by molar-refractivity contribution is 0.0963. The van der Waals surface area contributed by atoms with Gasteiger partial charge in [-0.2, -0.15) is 0 Å². The highest BCUT2D eigenvalue weighted by Crippen LogP contribution is 2.11. The van der Waals surface area contributed by atoms with Gasteiger partial charge in [0.1, 0.15) is 5.82 Å². The Bertz CT molecular complexity index is 575. The van der Waals surface area contributed by atoms with Crippen LogP contribution in [0.4, 0.5) is 9.18 Å². The van der Waals surface area contributed by atoms with Gasteiger partial charge >= 0.3 is 6.09 Å². The molecule has 2 N–H and O–H groups in total. The van der Waals surface area contributed by atoms with E-state index in [4.69, 9.17) is 4.74 Å². The Balaban J connectivity index is 0.00000338. The minimum absolute atomic E-state index is 0. The molecule has 6 nitrogen and oxygen atoms in total. The zero-order chi connectivity index (χ0) is 18.1. The van der Waals surface area contributed by atoms with Gasteiger partial charge in [0.2, 0.25) is 0 Å². The van der Waals surface area contributed by atoms with Crippen LogP contribution in [0.3, 0.4) is 0 Å². The first-order chi connectivity index (χ1) is 12.1. The van der Waals surface area contributed by atoms with Gasteiger partial charge in [0.05, 0.1) is 13.2 Å². The van der Waals surface area contributed by atoms with E-state index >= 15 is 0 Å². The molecule has 0 radical (unpaired) electrons. The van der Waals surface area contributed by atoms with Crippen LogP contribution in [0.2, 0.25) is 0 Å². The third-order valence-electron chi connectivity index (χ3n) is 4.04. The SMILES string of the molecule is CCNC(=NCc1ccc(F)cc1)NC1CCN(C(=O)OCC)CC1.I. The van der Waals surface area contributed by atoms with Gasteiger partial charge in [-0.3, -0.25) is 0 Å². The number of hydrogen-bond acceptors (Lipinski definition) is 3. The lowest BCUT2D eigenvalue weighted by Gasteiger charge is -2.32. The molecule has 26 heavy (non-hydrogen) atoms. The number of guanidine groups is 1. The predicted octanol–water partition coefficient (Wildman–Crippen LogP) is 3.12. The number of ether oxygens (including phenoxy) is 1. The molecule has 1 aliphatic heterocycles. The van der Waals surface area contributed by atoms with Gasteiger partial charge < -0.3 is 20.3 Å². The number of piperidine rings is 1. The zero-order valence-corrected chi connectivity index (χ0v) is 17.7. The summed E-state index contributed by atoms with van der Waals surface area (Å²) in [6, 6.07) is 6.62. The Kier molecular flexibility index (Phi) is 10.3. The maximum absolute atomic E-state index is 13.0. The summed E-state index contributed by atoms with van der Waals surface area (Å²) in [6.45, 7) is 6.82. The molecule has 8 heteroatoms. The number of amides is 1. The molecule has 0 spiro atoms. The molecule has 0 aromatic heterocycles. The van der Waals surface area contributed by atoms with E-state index in [1.807, 2.05) is 13.8 Å². The van der Waals surface area contributed by atoms with Crippen LogP contribution < -0.4 is 10.6 Å². The molecule has 1 heterocycles. The van der Waals surface area contributed by atoms with Gasteiger partial charge in [-0.15, -0.1) is 24.0 Å². The van der Waals surface area contributed by atoms with Crippen molar-refractivity contribution in [3.63, 3.8) is 0 Å². The van der Waals surface area contributed by atoms with Gasteiger partial charge in [-0.25, -0.2) is 14.2 Å². The van der Waals surface area contributed by atoms with Crippen LogP contribution in [0, 0.1) is 5.82 Å². The van der Waals surface area contributed by atoms with Crippen molar-refractivity contribution in [2.24, 2.45) is 4.99 Å². The van der Waals surface area contributed by atoms with Crippen molar-refractivity contribution in [2.45, 2.75) is 39.3 Å². The van der Waals surface area contributed by atoms with Crippen molar-refractivity contribution in [3.05, 3.63) is 35.6 Å². The number of nitrogens with one attached hydrogen (secondary N) is 2. The molecular formula is C18H28FIN4O2. The Morgan fingerprint density at radius 2 is 1.92 bits per heavy atom. The highest BCUT2D eigenvalue weighted by molar-refractivity contribution is 14.0. The molecule has 2 rings (SSSR count). The highest BCUT2D eigenvalue weighted by Gasteiger charge is 2.23. The lowest BCUT2D eigenvalue weighted by Crippen LogP contribution is -2.49. The molecule has 1 saturated heterocycles. The first-order valence-corrected chi connectivity index (χ1v) is 8.83. The van der Waals surface area contributed by atoms with Crippen LogP contribution in [0.5, 0.6) is 0 Å². The number of carbonyl (C=O) groups is 1. The van der Waals surface area contributed by atoms with Crippen molar-refractivity contribution in [2.75, 3.05) is 26.2 Å². The number of hydrogen-bond donors (Lipinski definition) is 2. The maximum atomic E-state index is 13.0. The third kappa shape index (κ3) is 7.35. The molecule has 0 saturated carbocycles. The predicted molar refractivity (Wildman–Crippen MR) is 111 cm³/mol. The fourth-order valence-electron chi connectivity index (χ4n) is 2.69. The van der Waals surface area contributed by atoms with Crippen LogP contribution >= 0.6 is 24.0 Å². The fourth-order valence-corrected chi connectivity index (χ4v) is 2.69. The molecular weight excluding hydrogens is 450 g/mol. The van der Waals surface area contributed by atoms with Gasteiger partial charge in [0.25, 0.3) is 0 Å². The van der Waals surface area contributed by atoms with Crippen molar-refractivity contribution >= 4 is 36.0 Å². The Morgan fingerprint density at radius 1 is 1.27 bits per heavy atom. The van der Waals surface area contributed by atoms with E-state index < -0.39 is 0 Å². The Labute approximate surface area is 171 Å². The largest absolute Gasteiger partial charge is 0.450 e. The number of likely N-dealkylation sites (tertiary alicyclic amines) is 1. The van der Waals surface area contributed by atoms with E-state index in [9.17, 15) is 9.18 Å². The maximum Gasteiger partial charge on any atom is 0.409 e. The molecule has 146 valence electrons. The highest BCUT2D eigenvalue weighted by atomic mass is 127. The van der Waals surface area contributed by atoms with Crippen LogP contribution in [0.1, 0.15) is 32.3 Å². The molecule has 0 atom stereocenters. The smallest absolute Gasteiger partial charge is 0.409 e. The van der Waals surface area contributed by atoms with Gasteiger partial charge in [0, 0.05) is 25.7 Å². The molecule has 1 fully saturated rings. The second kappa shape index (κ2) is 11.9. The summed E-state index contributed by atoms with van der Waals surface area (Å²) in [5, 5.41) is 6.64. The Hall–Kier alpha value is -1.58. The topological polar surface area (TPSA) is 66.0 Å². The molecule has 0 bridgehead atoms. The second-order valence-corrected chi connectivity index (χ2v) is 5.93. The average Bonchev–Trinajstić information content (AvgIpc) is 2.62. The Morgan fingerprint density at radius 3 is 2.50 bits per heavy atom.